The predicted octanol–water partition coefficient (Wildman–Crippen LogP) is 2.36. The molecule has 0 amide bonds. The fourth-order valence-electron chi connectivity index (χ4n) is 1.35. The second-order valence-corrected chi connectivity index (χ2v) is 4.81. The molecule has 0 unspecified atom stereocenters. The van der Waals surface area contributed by atoms with E-state index in [1.165, 1.54) is 23.5 Å². The first kappa shape index (κ1) is 12.5. The molecule has 0 atom stereocenters. The van der Waals surface area contributed by atoms with E-state index in [9.17, 15) is 0 Å². The molecule has 0 aliphatic rings. The van der Waals surface area contributed by atoms with E-state index in [1.807, 2.05) is 30.2 Å². The molecule has 0 saturated heterocycles. The standard InChI is InChI=1S/C12H20N2S/c1-2-15-10-4-8-13-9-6-12-5-3-7-14-11-12/h3,5,7,11,13H,2,4,6,8-10H2,1H3. The van der Waals surface area contributed by atoms with Crippen molar-refractivity contribution in [3.05, 3.63) is 30.1 Å². The summed E-state index contributed by atoms with van der Waals surface area (Å²) >= 11 is 2.01. The van der Waals surface area contributed by atoms with Crippen LogP contribution in [-0.2, 0) is 6.42 Å². The highest BCUT2D eigenvalue weighted by Gasteiger charge is 1.92. The topological polar surface area (TPSA) is 24.9 Å². The van der Waals surface area contributed by atoms with Crippen molar-refractivity contribution in [2.45, 2.75) is 19.8 Å². The third kappa shape index (κ3) is 6.52. The maximum atomic E-state index is 4.09. The lowest BCUT2D eigenvalue weighted by Crippen LogP contribution is -2.19. The van der Waals surface area contributed by atoms with Gasteiger partial charge in [-0.1, -0.05) is 13.0 Å². The Kier molecular flexibility index (Phi) is 7.30. The fourth-order valence-corrected chi connectivity index (χ4v) is 1.98. The number of hydrogen-bond acceptors (Lipinski definition) is 3. The average molecular weight is 224 g/mol. The van der Waals surface area contributed by atoms with Crippen LogP contribution in [0.2, 0.25) is 0 Å². The van der Waals surface area contributed by atoms with Gasteiger partial charge in [-0.3, -0.25) is 4.98 Å². The first-order valence-electron chi connectivity index (χ1n) is 5.61. The summed E-state index contributed by atoms with van der Waals surface area (Å²) in [5.74, 6) is 2.51. The van der Waals surface area contributed by atoms with Gasteiger partial charge in [0.05, 0.1) is 0 Å². The van der Waals surface area contributed by atoms with Crippen LogP contribution in [0.25, 0.3) is 0 Å². The van der Waals surface area contributed by atoms with Crippen molar-refractivity contribution in [3.63, 3.8) is 0 Å². The third-order valence-corrected chi connectivity index (χ3v) is 3.15. The average Bonchev–Trinajstić information content (AvgIpc) is 2.29. The number of hydrogen-bond donors (Lipinski definition) is 1. The van der Waals surface area contributed by atoms with Crippen LogP contribution in [0.15, 0.2) is 24.5 Å². The number of aromatic nitrogens is 1. The van der Waals surface area contributed by atoms with E-state index in [2.05, 4.69) is 23.3 Å². The van der Waals surface area contributed by atoms with Crippen molar-refractivity contribution >= 4 is 11.8 Å². The Morgan fingerprint density at radius 3 is 3.07 bits per heavy atom. The first-order chi connectivity index (χ1) is 7.43. The molecule has 0 radical (unpaired) electrons. The van der Waals surface area contributed by atoms with E-state index in [4.69, 9.17) is 0 Å². The second kappa shape index (κ2) is 8.74. The highest BCUT2D eigenvalue weighted by Crippen LogP contribution is 1.99. The Bertz CT molecular complexity index is 239. The lowest BCUT2D eigenvalue weighted by molar-refractivity contribution is 0.673. The van der Waals surface area contributed by atoms with Crippen molar-refractivity contribution in [2.24, 2.45) is 0 Å². The number of thioether (sulfide) groups is 1. The summed E-state index contributed by atoms with van der Waals surface area (Å²) in [5, 5.41) is 3.45. The van der Waals surface area contributed by atoms with Gasteiger partial charge in [-0.15, -0.1) is 0 Å². The summed E-state index contributed by atoms with van der Waals surface area (Å²) in [4.78, 5) is 4.09. The summed E-state index contributed by atoms with van der Waals surface area (Å²) in [6.07, 6.45) is 6.10. The van der Waals surface area contributed by atoms with Crippen LogP contribution in [0.1, 0.15) is 18.9 Å². The molecule has 0 aromatic carbocycles. The van der Waals surface area contributed by atoms with E-state index < -0.39 is 0 Å². The van der Waals surface area contributed by atoms with E-state index in [1.54, 1.807) is 0 Å². The number of rotatable bonds is 8. The van der Waals surface area contributed by atoms with Gasteiger partial charge in [-0.05, 0) is 49.1 Å². The number of pyridine rings is 1. The molecule has 0 bridgehead atoms. The molecule has 3 heteroatoms. The quantitative estimate of drug-likeness (QED) is 0.686. The third-order valence-electron chi connectivity index (χ3n) is 2.16. The molecule has 1 heterocycles. The maximum Gasteiger partial charge on any atom is 0.0300 e. The SMILES string of the molecule is CCSCCCNCCc1cccnc1. The van der Waals surface area contributed by atoms with Gasteiger partial charge in [-0.2, -0.15) is 11.8 Å². The first-order valence-corrected chi connectivity index (χ1v) is 6.76. The Balaban J connectivity index is 1.93. The van der Waals surface area contributed by atoms with Crippen molar-refractivity contribution in [2.75, 3.05) is 24.6 Å². The minimum Gasteiger partial charge on any atom is -0.316 e. The van der Waals surface area contributed by atoms with E-state index in [0.29, 0.717) is 0 Å². The van der Waals surface area contributed by atoms with Gasteiger partial charge in [0.1, 0.15) is 0 Å². The van der Waals surface area contributed by atoms with Gasteiger partial charge < -0.3 is 5.32 Å². The molecule has 84 valence electrons. The minimum absolute atomic E-state index is 1.06. The smallest absolute Gasteiger partial charge is 0.0300 e. The van der Waals surface area contributed by atoms with Crippen molar-refractivity contribution in [3.8, 4) is 0 Å². The van der Waals surface area contributed by atoms with Crippen LogP contribution in [0, 0.1) is 0 Å². The summed E-state index contributed by atoms with van der Waals surface area (Å²) in [5.41, 5.74) is 1.31. The van der Waals surface area contributed by atoms with Crippen LogP contribution in [0.4, 0.5) is 0 Å². The molecular formula is C12H20N2S. The van der Waals surface area contributed by atoms with Gasteiger partial charge >= 0.3 is 0 Å². The lowest BCUT2D eigenvalue weighted by atomic mass is 10.2. The van der Waals surface area contributed by atoms with Crippen molar-refractivity contribution in [1.29, 1.82) is 0 Å². The summed E-state index contributed by atoms with van der Waals surface area (Å²) in [6, 6.07) is 4.12. The zero-order chi connectivity index (χ0) is 10.8. The largest absolute Gasteiger partial charge is 0.316 e. The van der Waals surface area contributed by atoms with E-state index in [-0.39, 0.29) is 0 Å². The minimum atomic E-state index is 1.06. The monoisotopic (exact) mass is 224 g/mol. The molecule has 0 spiro atoms. The van der Waals surface area contributed by atoms with Crippen LogP contribution in [0.5, 0.6) is 0 Å². The molecule has 0 saturated carbocycles. The molecule has 1 rings (SSSR count). The molecule has 1 N–H and O–H groups in total. The molecule has 1 aromatic rings. The lowest BCUT2D eigenvalue weighted by Gasteiger charge is -2.04. The van der Waals surface area contributed by atoms with Gasteiger partial charge in [-0.25, -0.2) is 0 Å². The normalized spacial score (nSPS) is 10.5. The van der Waals surface area contributed by atoms with Crippen molar-refractivity contribution < 1.29 is 0 Å². The second-order valence-electron chi connectivity index (χ2n) is 3.41. The van der Waals surface area contributed by atoms with Crippen LogP contribution in [-0.4, -0.2) is 29.6 Å². The van der Waals surface area contributed by atoms with Crippen LogP contribution >= 0.6 is 11.8 Å². The number of nitrogens with zero attached hydrogens (tertiary/aromatic N) is 1. The Morgan fingerprint density at radius 1 is 1.40 bits per heavy atom. The fraction of sp³-hybridized carbons (Fsp3) is 0.583. The molecular weight excluding hydrogens is 204 g/mol. The highest BCUT2D eigenvalue weighted by atomic mass is 32.2. The molecule has 1 aromatic heterocycles. The van der Waals surface area contributed by atoms with E-state index >= 15 is 0 Å². The zero-order valence-electron chi connectivity index (χ0n) is 9.41. The molecule has 15 heavy (non-hydrogen) atoms. The summed E-state index contributed by atoms with van der Waals surface area (Å²) in [6.45, 7) is 4.40. The van der Waals surface area contributed by atoms with Gasteiger partial charge in [0.15, 0.2) is 0 Å². The molecule has 0 fully saturated rings. The Labute approximate surface area is 96.9 Å². The van der Waals surface area contributed by atoms with Gasteiger partial charge in [0.2, 0.25) is 0 Å². The van der Waals surface area contributed by atoms with Gasteiger partial charge in [0, 0.05) is 12.4 Å². The zero-order valence-corrected chi connectivity index (χ0v) is 10.2. The number of nitrogens with one attached hydrogen (secondary N) is 1. The summed E-state index contributed by atoms with van der Waals surface area (Å²) < 4.78 is 0. The van der Waals surface area contributed by atoms with Crippen LogP contribution < -0.4 is 5.32 Å². The van der Waals surface area contributed by atoms with Crippen LogP contribution in [0.3, 0.4) is 0 Å². The molecule has 0 aliphatic heterocycles. The summed E-state index contributed by atoms with van der Waals surface area (Å²) in [7, 11) is 0. The Morgan fingerprint density at radius 2 is 2.33 bits per heavy atom. The Hall–Kier alpha value is -0.540. The van der Waals surface area contributed by atoms with E-state index in [0.717, 1.165) is 19.5 Å². The molecule has 0 aliphatic carbocycles. The predicted molar refractivity (Wildman–Crippen MR) is 68.4 cm³/mol. The maximum absolute atomic E-state index is 4.09. The van der Waals surface area contributed by atoms with Crippen molar-refractivity contribution in [1.82, 2.24) is 10.3 Å². The highest BCUT2D eigenvalue weighted by molar-refractivity contribution is 7.99. The molecule has 2 nitrogen and oxygen atoms in total. The van der Waals surface area contributed by atoms with Gasteiger partial charge in [0.25, 0.3) is 0 Å².